The SMILES string of the molecule is COC(=O)CCN1CC(c2cccc(C(F)(F)F)c2)N(c2ccc(Oc3ccc(Cl)cc3)cc2)C1=O. The Kier molecular flexibility index (Phi) is 7.40. The van der Waals surface area contributed by atoms with Crippen LogP contribution in [0.15, 0.2) is 72.8 Å². The second-order valence-corrected chi connectivity index (χ2v) is 8.55. The molecule has 0 spiro atoms. The zero-order valence-electron chi connectivity index (χ0n) is 19.2. The Morgan fingerprint density at radius 2 is 1.67 bits per heavy atom. The molecule has 188 valence electrons. The molecule has 4 rings (SSSR count). The minimum absolute atomic E-state index is 0.0285. The van der Waals surface area contributed by atoms with Crippen molar-refractivity contribution in [2.24, 2.45) is 0 Å². The Morgan fingerprint density at radius 3 is 2.28 bits per heavy atom. The molecule has 1 aliphatic rings. The number of urea groups is 1. The molecule has 0 aliphatic carbocycles. The molecule has 0 radical (unpaired) electrons. The van der Waals surface area contributed by atoms with E-state index in [4.69, 9.17) is 16.3 Å². The average Bonchev–Trinajstić information content (AvgIpc) is 3.20. The second kappa shape index (κ2) is 10.5. The van der Waals surface area contributed by atoms with Gasteiger partial charge < -0.3 is 14.4 Å². The molecule has 3 aromatic carbocycles. The van der Waals surface area contributed by atoms with Gasteiger partial charge in [0.1, 0.15) is 11.5 Å². The van der Waals surface area contributed by atoms with Crippen LogP contribution in [0, 0.1) is 0 Å². The van der Waals surface area contributed by atoms with Crippen molar-refractivity contribution in [2.45, 2.75) is 18.6 Å². The van der Waals surface area contributed by atoms with Gasteiger partial charge in [-0.15, -0.1) is 0 Å². The predicted octanol–water partition coefficient (Wildman–Crippen LogP) is 6.70. The number of carbonyl (C=O) groups excluding carboxylic acids is 2. The Bertz CT molecular complexity index is 1230. The lowest BCUT2D eigenvalue weighted by atomic mass is 10.0. The quantitative estimate of drug-likeness (QED) is 0.327. The van der Waals surface area contributed by atoms with E-state index in [0.717, 1.165) is 12.1 Å². The van der Waals surface area contributed by atoms with E-state index < -0.39 is 29.8 Å². The summed E-state index contributed by atoms with van der Waals surface area (Å²) in [5.74, 6) is 0.590. The maximum Gasteiger partial charge on any atom is 0.416 e. The molecular formula is C26H22ClF3N2O4. The number of methoxy groups -OCH3 is 1. The fourth-order valence-electron chi connectivity index (χ4n) is 3.95. The highest BCUT2D eigenvalue weighted by Gasteiger charge is 2.40. The Hall–Kier alpha value is -3.72. The van der Waals surface area contributed by atoms with Crippen molar-refractivity contribution in [1.29, 1.82) is 0 Å². The molecule has 10 heteroatoms. The van der Waals surface area contributed by atoms with Crippen LogP contribution in [0.25, 0.3) is 0 Å². The maximum atomic E-state index is 13.4. The third-order valence-electron chi connectivity index (χ3n) is 5.76. The third-order valence-corrected chi connectivity index (χ3v) is 6.01. The van der Waals surface area contributed by atoms with Gasteiger partial charge in [0.2, 0.25) is 0 Å². The number of rotatable bonds is 7. The number of esters is 1. The number of nitrogens with zero attached hydrogens (tertiary/aromatic N) is 2. The number of halogens is 4. The topological polar surface area (TPSA) is 59.1 Å². The first kappa shape index (κ1) is 25.4. The molecule has 1 fully saturated rings. The van der Waals surface area contributed by atoms with Gasteiger partial charge in [0, 0.05) is 23.8 Å². The van der Waals surface area contributed by atoms with Crippen molar-refractivity contribution in [2.75, 3.05) is 25.1 Å². The summed E-state index contributed by atoms with van der Waals surface area (Å²) in [5, 5.41) is 0.572. The van der Waals surface area contributed by atoms with Crippen molar-refractivity contribution in [3.63, 3.8) is 0 Å². The molecule has 1 heterocycles. The summed E-state index contributed by atoms with van der Waals surface area (Å²) in [7, 11) is 1.25. The molecular weight excluding hydrogens is 497 g/mol. The fourth-order valence-corrected chi connectivity index (χ4v) is 4.08. The van der Waals surface area contributed by atoms with Gasteiger partial charge >= 0.3 is 18.2 Å². The molecule has 0 aromatic heterocycles. The summed E-state index contributed by atoms with van der Waals surface area (Å²) in [4.78, 5) is 27.8. The van der Waals surface area contributed by atoms with Crippen LogP contribution < -0.4 is 9.64 Å². The summed E-state index contributed by atoms with van der Waals surface area (Å²) in [6.45, 7) is 0.190. The van der Waals surface area contributed by atoms with E-state index in [1.54, 1.807) is 54.6 Å². The Balaban J connectivity index is 1.62. The van der Waals surface area contributed by atoms with Crippen LogP contribution >= 0.6 is 11.6 Å². The minimum Gasteiger partial charge on any atom is -0.469 e. The summed E-state index contributed by atoms with van der Waals surface area (Å²) < 4.78 is 50.5. The van der Waals surface area contributed by atoms with Crippen molar-refractivity contribution < 1.29 is 32.2 Å². The van der Waals surface area contributed by atoms with Crippen LogP contribution in [0.1, 0.15) is 23.6 Å². The van der Waals surface area contributed by atoms with E-state index in [1.165, 1.54) is 23.0 Å². The zero-order valence-corrected chi connectivity index (χ0v) is 19.9. The standard InChI is InChI=1S/C26H22ClF3N2O4/c1-35-24(33)13-14-31-16-23(17-3-2-4-18(15-17)26(28,29)30)32(25(31)34)20-7-11-22(12-8-20)36-21-9-5-19(27)6-10-21/h2-12,15,23H,13-14,16H2,1H3. The first-order valence-electron chi connectivity index (χ1n) is 11.0. The normalized spacial score (nSPS) is 15.8. The second-order valence-electron chi connectivity index (χ2n) is 8.11. The highest BCUT2D eigenvalue weighted by atomic mass is 35.5. The van der Waals surface area contributed by atoms with E-state index >= 15 is 0 Å². The van der Waals surface area contributed by atoms with Gasteiger partial charge in [0.05, 0.1) is 25.1 Å². The number of ether oxygens (including phenoxy) is 2. The number of hydrogen-bond acceptors (Lipinski definition) is 4. The molecule has 1 aliphatic heterocycles. The molecule has 0 N–H and O–H groups in total. The van der Waals surface area contributed by atoms with Crippen molar-refractivity contribution in [3.8, 4) is 11.5 Å². The van der Waals surface area contributed by atoms with Crippen LogP contribution in [0.2, 0.25) is 5.02 Å². The first-order valence-corrected chi connectivity index (χ1v) is 11.4. The smallest absolute Gasteiger partial charge is 0.416 e. The number of anilines is 1. The molecule has 0 bridgehead atoms. The minimum atomic E-state index is -4.52. The highest BCUT2D eigenvalue weighted by Crippen LogP contribution is 2.38. The van der Waals surface area contributed by atoms with Crippen LogP contribution in [0.5, 0.6) is 11.5 Å². The summed E-state index contributed by atoms with van der Waals surface area (Å²) in [6, 6.07) is 17.3. The molecule has 1 saturated heterocycles. The lowest BCUT2D eigenvalue weighted by Crippen LogP contribution is -2.33. The van der Waals surface area contributed by atoms with Gasteiger partial charge in [-0.3, -0.25) is 9.69 Å². The predicted molar refractivity (Wildman–Crippen MR) is 128 cm³/mol. The zero-order chi connectivity index (χ0) is 25.9. The Labute approximate surface area is 210 Å². The third kappa shape index (κ3) is 5.73. The molecule has 36 heavy (non-hydrogen) atoms. The molecule has 6 nitrogen and oxygen atoms in total. The van der Waals surface area contributed by atoms with Crippen molar-refractivity contribution >= 4 is 29.3 Å². The van der Waals surface area contributed by atoms with Gasteiger partial charge in [0.15, 0.2) is 0 Å². The number of benzene rings is 3. The van der Waals surface area contributed by atoms with E-state index in [-0.39, 0.29) is 19.5 Å². The summed E-state index contributed by atoms with van der Waals surface area (Å²) in [6.07, 6.45) is -4.55. The van der Waals surface area contributed by atoms with Crippen LogP contribution in [0.3, 0.4) is 0 Å². The van der Waals surface area contributed by atoms with Crippen molar-refractivity contribution in [1.82, 2.24) is 4.90 Å². The van der Waals surface area contributed by atoms with Crippen molar-refractivity contribution in [3.05, 3.63) is 88.9 Å². The largest absolute Gasteiger partial charge is 0.469 e. The van der Waals surface area contributed by atoms with E-state index in [2.05, 4.69) is 4.74 Å². The van der Waals surface area contributed by atoms with E-state index in [9.17, 15) is 22.8 Å². The van der Waals surface area contributed by atoms with Crippen LogP contribution in [0.4, 0.5) is 23.7 Å². The van der Waals surface area contributed by atoms with Gasteiger partial charge in [0.25, 0.3) is 0 Å². The molecule has 1 unspecified atom stereocenters. The average molecular weight is 519 g/mol. The number of hydrogen-bond donors (Lipinski definition) is 0. The van der Waals surface area contributed by atoms with Crippen LogP contribution in [-0.4, -0.2) is 37.1 Å². The van der Waals surface area contributed by atoms with Gasteiger partial charge in [-0.05, 0) is 66.2 Å². The maximum absolute atomic E-state index is 13.4. The molecule has 2 amide bonds. The molecule has 1 atom stereocenters. The number of carbonyl (C=O) groups is 2. The summed E-state index contributed by atoms with van der Waals surface area (Å²) in [5.41, 5.74) is 0.0128. The number of amides is 2. The van der Waals surface area contributed by atoms with Gasteiger partial charge in [-0.1, -0.05) is 23.7 Å². The number of alkyl halides is 3. The van der Waals surface area contributed by atoms with E-state index in [1.807, 2.05) is 0 Å². The fraction of sp³-hybridized carbons (Fsp3) is 0.231. The highest BCUT2D eigenvalue weighted by molar-refractivity contribution is 6.30. The van der Waals surface area contributed by atoms with Gasteiger partial charge in [-0.2, -0.15) is 13.2 Å². The Morgan fingerprint density at radius 1 is 1.03 bits per heavy atom. The van der Waals surface area contributed by atoms with Crippen LogP contribution in [-0.2, 0) is 15.7 Å². The van der Waals surface area contributed by atoms with Gasteiger partial charge in [-0.25, -0.2) is 4.79 Å². The van der Waals surface area contributed by atoms with E-state index in [0.29, 0.717) is 27.8 Å². The first-order chi connectivity index (χ1) is 17.2. The molecule has 3 aromatic rings. The lowest BCUT2D eigenvalue weighted by Gasteiger charge is -2.24. The summed E-state index contributed by atoms with van der Waals surface area (Å²) >= 11 is 5.90. The lowest BCUT2D eigenvalue weighted by molar-refractivity contribution is -0.141. The molecule has 0 saturated carbocycles. The monoisotopic (exact) mass is 518 g/mol.